The molecule has 0 saturated heterocycles. The first kappa shape index (κ1) is 11.9. The number of hydrogen-bond donors (Lipinski definition) is 0. The van der Waals surface area contributed by atoms with Gasteiger partial charge in [-0.3, -0.25) is 0 Å². The van der Waals surface area contributed by atoms with E-state index in [1.54, 1.807) is 13.8 Å². The number of sulfone groups is 1. The molecular weight excluding hydrogens is 176 g/mol. The van der Waals surface area contributed by atoms with Gasteiger partial charge in [0, 0.05) is 0 Å². The lowest BCUT2D eigenvalue weighted by Gasteiger charge is -2.06. The van der Waals surface area contributed by atoms with Gasteiger partial charge in [0.1, 0.15) is 0 Å². The summed E-state index contributed by atoms with van der Waals surface area (Å²) in [6.45, 7) is 3.27. The van der Waals surface area contributed by atoms with E-state index >= 15 is 0 Å². The highest BCUT2D eigenvalue weighted by atomic mass is 32.2. The second kappa shape index (κ2) is 5.54. The van der Waals surface area contributed by atoms with E-state index in [9.17, 15) is 13.5 Å². The Morgan fingerprint density at radius 3 is 2.08 bits per heavy atom. The number of unbranched alkanes of at least 4 members (excludes halogenated alkanes) is 2. The van der Waals surface area contributed by atoms with Crippen LogP contribution in [0.5, 0.6) is 0 Å². The van der Waals surface area contributed by atoms with Gasteiger partial charge < -0.3 is 0 Å². The van der Waals surface area contributed by atoms with E-state index in [0.717, 1.165) is 6.42 Å². The molecule has 0 aromatic carbocycles. The van der Waals surface area contributed by atoms with Gasteiger partial charge in [-0.2, -0.15) is 0 Å². The van der Waals surface area contributed by atoms with Crippen LogP contribution in [0, 0.1) is 0 Å². The summed E-state index contributed by atoms with van der Waals surface area (Å²) in [7, 11) is -2.88. The van der Waals surface area contributed by atoms with Gasteiger partial charge in [0.05, 0.1) is 17.6 Å². The fourth-order valence-corrected chi connectivity index (χ4v) is 1.90. The molecule has 0 aromatic rings. The van der Waals surface area contributed by atoms with Gasteiger partial charge in [-0.15, -0.1) is 0 Å². The molecule has 0 fully saturated rings. The van der Waals surface area contributed by atoms with Crippen LogP contribution in [0.4, 0.5) is 0 Å². The normalized spacial score (nSPS) is 12.3. The Balaban J connectivity index is 3.63. The Morgan fingerprint density at radius 2 is 1.67 bits per heavy atom. The fraction of sp³-hybridized carbons (Fsp3) is 1.00. The molecule has 0 heterocycles. The second-order valence-electron chi connectivity index (χ2n) is 3.18. The molecule has 0 aliphatic rings. The molecular formula is C8H17O3S. The molecule has 0 aromatic heterocycles. The molecule has 0 N–H and O–H groups in total. The Morgan fingerprint density at radius 1 is 1.08 bits per heavy atom. The average molecular weight is 193 g/mol. The lowest BCUT2D eigenvalue weighted by molar-refractivity contribution is 0.186. The zero-order valence-corrected chi connectivity index (χ0v) is 8.56. The predicted octanol–water partition coefficient (Wildman–Crippen LogP) is 1.41. The lowest BCUT2D eigenvalue weighted by atomic mass is 10.3. The van der Waals surface area contributed by atoms with E-state index in [0.29, 0.717) is 12.8 Å². The third-order valence-electron chi connectivity index (χ3n) is 1.79. The van der Waals surface area contributed by atoms with Crippen molar-refractivity contribution in [3.63, 3.8) is 0 Å². The minimum Gasteiger partial charge on any atom is -0.237 e. The van der Waals surface area contributed by atoms with Crippen LogP contribution < -0.4 is 0 Å². The Hall–Kier alpha value is -0.0900. The summed E-state index contributed by atoms with van der Waals surface area (Å²) >= 11 is 0. The van der Waals surface area contributed by atoms with Crippen LogP contribution in [0.3, 0.4) is 0 Å². The Kier molecular flexibility index (Phi) is 5.50. The monoisotopic (exact) mass is 193 g/mol. The molecule has 4 heteroatoms. The Labute approximate surface area is 74.7 Å². The molecule has 0 aliphatic carbocycles. The zero-order valence-electron chi connectivity index (χ0n) is 7.75. The fourth-order valence-electron chi connectivity index (χ4n) is 0.818. The zero-order chi connectivity index (χ0) is 9.61. The molecule has 0 amide bonds. The largest absolute Gasteiger partial charge is 0.237 e. The standard InChI is InChI=1S/C8H17O3S/c1-8(2)12(10,11)7-5-3-4-6-9/h8H,3-7H2,1-2H3. The van der Waals surface area contributed by atoms with Crippen LogP contribution in [-0.2, 0) is 14.9 Å². The van der Waals surface area contributed by atoms with E-state index in [-0.39, 0.29) is 17.6 Å². The highest BCUT2D eigenvalue weighted by Crippen LogP contribution is 2.05. The predicted molar refractivity (Wildman–Crippen MR) is 48.3 cm³/mol. The van der Waals surface area contributed by atoms with Crippen LogP contribution in [-0.4, -0.2) is 26.0 Å². The summed E-state index contributed by atoms with van der Waals surface area (Å²) in [4.78, 5) is 0. The van der Waals surface area contributed by atoms with Crippen molar-refractivity contribution in [1.82, 2.24) is 0 Å². The van der Waals surface area contributed by atoms with Crippen LogP contribution >= 0.6 is 0 Å². The molecule has 12 heavy (non-hydrogen) atoms. The second-order valence-corrected chi connectivity index (χ2v) is 5.86. The molecule has 0 bridgehead atoms. The van der Waals surface area contributed by atoms with Crippen molar-refractivity contribution < 1.29 is 13.5 Å². The molecule has 0 unspecified atom stereocenters. The first-order valence-corrected chi connectivity index (χ1v) is 6.02. The summed E-state index contributed by atoms with van der Waals surface area (Å²) < 4.78 is 22.4. The average Bonchev–Trinajstić information content (AvgIpc) is 1.98. The van der Waals surface area contributed by atoms with Crippen molar-refractivity contribution in [1.29, 1.82) is 0 Å². The van der Waals surface area contributed by atoms with Gasteiger partial charge in [-0.25, -0.2) is 13.5 Å². The van der Waals surface area contributed by atoms with Crippen molar-refractivity contribution in [3.8, 4) is 0 Å². The summed E-state index contributed by atoms with van der Waals surface area (Å²) in [5, 5.41) is 9.75. The topological polar surface area (TPSA) is 54.0 Å². The van der Waals surface area contributed by atoms with E-state index in [1.165, 1.54) is 0 Å². The summed E-state index contributed by atoms with van der Waals surface area (Å²) in [5.74, 6) is 0.227. The van der Waals surface area contributed by atoms with Gasteiger partial charge in [-0.1, -0.05) is 6.42 Å². The van der Waals surface area contributed by atoms with Crippen molar-refractivity contribution in [2.75, 3.05) is 12.4 Å². The van der Waals surface area contributed by atoms with E-state index in [2.05, 4.69) is 0 Å². The van der Waals surface area contributed by atoms with E-state index < -0.39 is 9.84 Å². The molecule has 73 valence electrons. The van der Waals surface area contributed by atoms with Crippen molar-refractivity contribution in [2.45, 2.75) is 38.4 Å². The van der Waals surface area contributed by atoms with Crippen molar-refractivity contribution in [2.24, 2.45) is 0 Å². The summed E-state index contributed by atoms with van der Waals surface area (Å²) in [6, 6.07) is 0. The van der Waals surface area contributed by atoms with E-state index in [4.69, 9.17) is 0 Å². The first-order valence-electron chi connectivity index (χ1n) is 4.30. The Bertz CT molecular complexity index is 194. The molecule has 0 atom stereocenters. The molecule has 0 spiro atoms. The van der Waals surface area contributed by atoms with Crippen LogP contribution in [0.2, 0.25) is 0 Å². The maximum absolute atomic E-state index is 11.2. The third kappa shape index (κ3) is 4.72. The molecule has 0 rings (SSSR count). The molecule has 3 nitrogen and oxygen atoms in total. The SMILES string of the molecule is CC(C)S(=O)(=O)CCCCC[O]. The minimum atomic E-state index is -2.88. The molecule has 0 aliphatic heterocycles. The number of rotatable bonds is 6. The minimum absolute atomic E-state index is 0.0955. The third-order valence-corrected chi connectivity index (χ3v) is 4.09. The van der Waals surface area contributed by atoms with Gasteiger partial charge in [0.2, 0.25) is 0 Å². The highest BCUT2D eigenvalue weighted by molar-refractivity contribution is 7.91. The lowest BCUT2D eigenvalue weighted by Crippen LogP contribution is -2.17. The number of hydrogen-bond acceptors (Lipinski definition) is 2. The first-order chi connectivity index (χ1) is 5.50. The maximum atomic E-state index is 11.2. The van der Waals surface area contributed by atoms with Crippen molar-refractivity contribution >= 4 is 9.84 Å². The van der Waals surface area contributed by atoms with E-state index in [1.807, 2.05) is 0 Å². The van der Waals surface area contributed by atoms with Gasteiger partial charge >= 0.3 is 0 Å². The molecule has 1 radical (unpaired) electrons. The van der Waals surface area contributed by atoms with Crippen LogP contribution in [0.25, 0.3) is 0 Å². The van der Waals surface area contributed by atoms with Crippen molar-refractivity contribution in [3.05, 3.63) is 0 Å². The van der Waals surface area contributed by atoms with Gasteiger partial charge in [0.25, 0.3) is 0 Å². The molecule has 0 saturated carbocycles. The quantitative estimate of drug-likeness (QED) is 0.599. The summed E-state index contributed by atoms with van der Waals surface area (Å²) in [5.41, 5.74) is 0. The van der Waals surface area contributed by atoms with Crippen LogP contribution in [0.15, 0.2) is 0 Å². The van der Waals surface area contributed by atoms with Crippen LogP contribution in [0.1, 0.15) is 33.1 Å². The van der Waals surface area contributed by atoms with Gasteiger partial charge in [0.15, 0.2) is 9.84 Å². The summed E-state index contributed by atoms with van der Waals surface area (Å²) in [6.07, 6.45) is 1.95. The maximum Gasteiger partial charge on any atom is 0.152 e. The smallest absolute Gasteiger partial charge is 0.152 e. The van der Waals surface area contributed by atoms with Gasteiger partial charge in [-0.05, 0) is 26.7 Å². The highest BCUT2D eigenvalue weighted by Gasteiger charge is 2.14.